The molecule has 0 spiro atoms. The second kappa shape index (κ2) is 8.95. The lowest BCUT2D eigenvalue weighted by Gasteiger charge is -2.36. The normalized spacial score (nSPS) is 23.8. The van der Waals surface area contributed by atoms with Crippen molar-refractivity contribution in [2.45, 2.75) is 52.6 Å². The summed E-state index contributed by atoms with van der Waals surface area (Å²) in [6, 6.07) is 7.90. The zero-order valence-electron chi connectivity index (χ0n) is 15.4. The Morgan fingerprint density at radius 2 is 1.96 bits per heavy atom. The van der Waals surface area contributed by atoms with Crippen molar-refractivity contribution >= 4 is 6.09 Å². The van der Waals surface area contributed by atoms with Crippen molar-refractivity contribution < 1.29 is 14.3 Å². The smallest absolute Gasteiger partial charge is 0.407 e. The summed E-state index contributed by atoms with van der Waals surface area (Å²) < 4.78 is 10.9. The number of benzene rings is 1. The van der Waals surface area contributed by atoms with Gasteiger partial charge in [0, 0.05) is 6.54 Å². The van der Waals surface area contributed by atoms with Crippen LogP contribution in [-0.2, 0) is 11.2 Å². The molecule has 0 radical (unpaired) electrons. The van der Waals surface area contributed by atoms with Gasteiger partial charge in [-0.3, -0.25) is 0 Å². The van der Waals surface area contributed by atoms with Crippen LogP contribution in [0.25, 0.3) is 0 Å². The van der Waals surface area contributed by atoms with Gasteiger partial charge >= 0.3 is 6.09 Å². The summed E-state index contributed by atoms with van der Waals surface area (Å²) in [4.78, 5) is 12.1. The molecule has 3 unspecified atom stereocenters. The maximum Gasteiger partial charge on any atom is 0.407 e. The molecule has 1 amide bonds. The molecule has 24 heavy (non-hydrogen) atoms. The molecule has 1 aromatic carbocycles. The van der Waals surface area contributed by atoms with Crippen LogP contribution in [0.2, 0.25) is 0 Å². The van der Waals surface area contributed by atoms with Crippen LogP contribution < -0.4 is 10.1 Å². The Hall–Kier alpha value is -1.71. The quantitative estimate of drug-likeness (QED) is 0.838. The zero-order chi connectivity index (χ0) is 17.5. The van der Waals surface area contributed by atoms with E-state index in [1.807, 2.05) is 24.3 Å². The second-order valence-electron chi connectivity index (χ2n) is 7.29. The number of alkyl carbamates (subject to hydrolysis) is 1. The van der Waals surface area contributed by atoms with Crippen LogP contribution in [0.4, 0.5) is 4.79 Å². The van der Waals surface area contributed by atoms with Gasteiger partial charge in [-0.2, -0.15) is 0 Å². The van der Waals surface area contributed by atoms with E-state index in [1.165, 1.54) is 12.0 Å². The van der Waals surface area contributed by atoms with Gasteiger partial charge < -0.3 is 14.8 Å². The second-order valence-corrected chi connectivity index (χ2v) is 7.29. The molecule has 0 heterocycles. The van der Waals surface area contributed by atoms with Gasteiger partial charge in [-0.15, -0.1) is 0 Å². The third kappa shape index (κ3) is 5.43. The maximum absolute atomic E-state index is 12.1. The highest BCUT2D eigenvalue weighted by Gasteiger charge is 2.33. The van der Waals surface area contributed by atoms with Gasteiger partial charge in [-0.1, -0.05) is 39.3 Å². The van der Waals surface area contributed by atoms with Gasteiger partial charge in [0.2, 0.25) is 0 Å². The molecular formula is C20H31NO3. The highest BCUT2D eigenvalue weighted by molar-refractivity contribution is 5.67. The molecule has 0 aliphatic heterocycles. The Labute approximate surface area is 145 Å². The first-order valence-electron chi connectivity index (χ1n) is 9.07. The summed E-state index contributed by atoms with van der Waals surface area (Å²) in [5.74, 6) is 2.51. The van der Waals surface area contributed by atoms with Crippen molar-refractivity contribution in [3.63, 3.8) is 0 Å². The van der Waals surface area contributed by atoms with E-state index in [-0.39, 0.29) is 12.2 Å². The Balaban J connectivity index is 1.77. The van der Waals surface area contributed by atoms with E-state index in [0.717, 1.165) is 25.0 Å². The Morgan fingerprint density at radius 1 is 1.25 bits per heavy atom. The molecule has 1 aliphatic rings. The first-order valence-corrected chi connectivity index (χ1v) is 9.07. The summed E-state index contributed by atoms with van der Waals surface area (Å²) in [5, 5.41) is 2.89. The number of hydrogen-bond donors (Lipinski definition) is 1. The maximum atomic E-state index is 12.1. The molecule has 1 saturated carbocycles. The lowest BCUT2D eigenvalue weighted by atomic mass is 9.75. The molecule has 4 nitrogen and oxygen atoms in total. The van der Waals surface area contributed by atoms with Crippen LogP contribution in [0.1, 0.15) is 45.6 Å². The summed E-state index contributed by atoms with van der Waals surface area (Å²) >= 11 is 0. The van der Waals surface area contributed by atoms with Crippen molar-refractivity contribution in [2.24, 2.45) is 17.8 Å². The topological polar surface area (TPSA) is 47.6 Å². The summed E-state index contributed by atoms with van der Waals surface area (Å²) in [7, 11) is 1.66. The van der Waals surface area contributed by atoms with Crippen LogP contribution in [0.3, 0.4) is 0 Å². The number of hydrogen-bond acceptors (Lipinski definition) is 3. The Kier molecular flexibility index (Phi) is 6.95. The fourth-order valence-electron chi connectivity index (χ4n) is 3.53. The van der Waals surface area contributed by atoms with Crippen molar-refractivity contribution in [3.05, 3.63) is 29.8 Å². The van der Waals surface area contributed by atoms with Gasteiger partial charge in [0.05, 0.1) is 7.11 Å². The molecule has 0 aromatic heterocycles. The van der Waals surface area contributed by atoms with Crippen LogP contribution in [0.15, 0.2) is 24.3 Å². The van der Waals surface area contributed by atoms with E-state index < -0.39 is 0 Å². The van der Waals surface area contributed by atoms with Crippen molar-refractivity contribution in [3.8, 4) is 5.75 Å². The Morgan fingerprint density at radius 3 is 2.58 bits per heavy atom. The molecule has 0 bridgehead atoms. The number of rotatable bonds is 6. The van der Waals surface area contributed by atoms with Gasteiger partial charge in [0.1, 0.15) is 11.9 Å². The summed E-state index contributed by atoms with van der Waals surface area (Å²) in [6.45, 7) is 7.27. The van der Waals surface area contributed by atoms with Crippen LogP contribution in [-0.4, -0.2) is 25.9 Å². The summed E-state index contributed by atoms with van der Waals surface area (Å²) in [6.07, 6.45) is 3.93. The van der Waals surface area contributed by atoms with Gasteiger partial charge in [-0.25, -0.2) is 4.79 Å². The van der Waals surface area contributed by atoms with E-state index in [4.69, 9.17) is 9.47 Å². The van der Waals surface area contributed by atoms with Crippen molar-refractivity contribution in [1.82, 2.24) is 5.32 Å². The number of methoxy groups -OCH3 is 1. The molecule has 1 aromatic rings. The fourth-order valence-corrected chi connectivity index (χ4v) is 3.53. The van der Waals surface area contributed by atoms with Crippen molar-refractivity contribution in [2.75, 3.05) is 13.7 Å². The number of ether oxygens (including phenoxy) is 2. The minimum Gasteiger partial charge on any atom is -0.497 e. The first-order chi connectivity index (χ1) is 11.5. The van der Waals surface area contributed by atoms with E-state index in [9.17, 15) is 4.79 Å². The van der Waals surface area contributed by atoms with Crippen LogP contribution in [0.5, 0.6) is 5.75 Å². The third-order valence-electron chi connectivity index (χ3n) is 5.06. The van der Waals surface area contributed by atoms with E-state index in [0.29, 0.717) is 24.3 Å². The molecule has 2 rings (SSSR count). The Bertz CT molecular complexity index is 512. The average Bonchev–Trinajstić information content (AvgIpc) is 2.55. The number of amides is 1. The highest BCUT2D eigenvalue weighted by Crippen LogP contribution is 2.35. The molecule has 3 atom stereocenters. The highest BCUT2D eigenvalue weighted by atomic mass is 16.6. The molecule has 1 N–H and O–H groups in total. The predicted octanol–water partition coefficient (Wildman–Crippen LogP) is 4.42. The predicted molar refractivity (Wildman–Crippen MR) is 96.3 cm³/mol. The first kappa shape index (κ1) is 18.6. The largest absolute Gasteiger partial charge is 0.497 e. The van der Waals surface area contributed by atoms with E-state index in [1.54, 1.807) is 7.11 Å². The lowest BCUT2D eigenvalue weighted by molar-refractivity contribution is 0.00630. The molecule has 1 fully saturated rings. The van der Waals surface area contributed by atoms with E-state index in [2.05, 4.69) is 26.1 Å². The standard InChI is InChI=1S/C20H31NO3/c1-14(2)18-10-5-15(3)13-19(18)24-20(22)21-12-11-16-6-8-17(23-4)9-7-16/h6-9,14-15,18-19H,5,10-13H2,1-4H3,(H,21,22). The van der Waals surface area contributed by atoms with Gasteiger partial charge in [0.25, 0.3) is 0 Å². The number of carbonyl (C=O) groups excluding carboxylic acids is 1. The van der Waals surface area contributed by atoms with Crippen molar-refractivity contribution in [1.29, 1.82) is 0 Å². The molecule has 4 heteroatoms. The molecule has 134 valence electrons. The average molecular weight is 333 g/mol. The number of nitrogens with one attached hydrogen (secondary N) is 1. The van der Waals surface area contributed by atoms with Gasteiger partial charge in [-0.05, 0) is 54.7 Å². The molecule has 1 aliphatic carbocycles. The fraction of sp³-hybridized carbons (Fsp3) is 0.650. The van der Waals surface area contributed by atoms with E-state index >= 15 is 0 Å². The molecule has 0 saturated heterocycles. The van der Waals surface area contributed by atoms with Gasteiger partial charge in [0.15, 0.2) is 0 Å². The zero-order valence-corrected chi connectivity index (χ0v) is 15.4. The third-order valence-corrected chi connectivity index (χ3v) is 5.06. The minimum atomic E-state index is -0.284. The SMILES string of the molecule is COc1ccc(CCNC(=O)OC2CC(C)CCC2C(C)C)cc1. The molecular weight excluding hydrogens is 302 g/mol. The van der Waals surface area contributed by atoms with Crippen LogP contribution in [0, 0.1) is 17.8 Å². The summed E-state index contributed by atoms with van der Waals surface area (Å²) in [5.41, 5.74) is 1.17. The monoisotopic (exact) mass is 333 g/mol. The number of carbonyl (C=O) groups is 1. The lowest BCUT2D eigenvalue weighted by Crippen LogP contribution is -2.39. The minimum absolute atomic E-state index is 0.0507. The van der Waals surface area contributed by atoms with Crippen LogP contribution >= 0.6 is 0 Å².